The maximum Gasteiger partial charge on any atom is 0.184 e. The number of hydrogen-bond acceptors (Lipinski definition) is 8. The van der Waals surface area contributed by atoms with E-state index in [0.29, 0.717) is 16.7 Å². The van der Waals surface area contributed by atoms with Crippen molar-refractivity contribution in [3.63, 3.8) is 0 Å². The lowest BCUT2D eigenvalue weighted by Gasteiger charge is -2.40. The van der Waals surface area contributed by atoms with Gasteiger partial charge in [0.25, 0.3) is 0 Å². The van der Waals surface area contributed by atoms with Crippen molar-refractivity contribution < 1.29 is 28.1 Å². The van der Waals surface area contributed by atoms with Gasteiger partial charge in [-0.3, -0.25) is 4.98 Å². The van der Waals surface area contributed by atoms with Gasteiger partial charge in [-0.25, -0.2) is 8.42 Å². The van der Waals surface area contributed by atoms with Crippen LogP contribution in [-0.4, -0.2) is 42.1 Å². The second-order valence-electron chi connectivity index (χ2n) is 9.66. The highest BCUT2D eigenvalue weighted by Gasteiger charge is 2.79. The van der Waals surface area contributed by atoms with E-state index in [9.17, 15) is 23.9 Å². The predicted molar refractivity (Wildman–Crippen MR) is 141 cm³/mol. The number of methoxy groups -OCH3 is 1. The van der Waals surface area contributed by atoms with E-state index in [1.807, 2.05) is 0 Å². The molecule has 1 aromatic heterocycles. The van der Waals surface area contributed by atoms with Gasteiger partial charge in [0.15, 0.2) is 21.0 Å². The molecule has 0 saturated heterocycles. The third-order valence-electron chi connectivity index (χ3n) is 7.85. The topological polar surface area (TPSA) is 130 Å². The first-order valence-corrected chi connectivity index (χ1v) is 13.8. The van der Waals surface area contributed by atoms with Crippen molar-refractivity contribution in [3.05, 3.63) is 120 Å². The first kappa shape index (κ1) is 25.1. The molecule has 5 atom stereocenters. The molecule has 2 heterocycles. The molecule has 4 aromatic rings. The molecule has 9 heteroatoms. The van der Waals surface area contributed by atoms with E-state index < -0.39 is 38.3 Å². The first-order valence-electron chi connectivity index (χ1n) is 12.3. The van der Waals surface area contributed by atoms with Crippen LogP contribution in [0.25, 0.3) is 0 Å². The largest absolute Gasteiger partial charge is 0.495 e. The summed E-state index contributed by atoms with van der Waals surface area (Å²) in [6.07, 6.45) is 0.953. The number of nitriles is 1. The van der Waals surface area contributed by atoms with Crippen LogP contribution >= 0.6 is 0 Å². The normalized spacial score (nSPS) is 27.2. The molecular weight excluding hydrogens is 516 g/mol. The van der Waals surface area contributed by atoms with Gasteiger partial charge in [0.05, 0.1) is 47.5 Å². The summed E-state index contributed by atoms with van der Waals surface area (Å²) in [6, 6.07) is 25.2. The predicted octanol–water partition coefficient (Wildman–Crippen LogP) is 3.44. The molecule has 0 radical (unpaired) electrons. The number of sulfone groups is 1. The van der Waals surface area contributed by atoms with Crippen LogP contribution < -0.4 is 9.47 Å². The summed E-state index contributed by atoms with van der Waals surface area (Å²) in [4.78, 5) is 4.18. The fourth-order valence-electron chi connectivity index (χ4n) is 6.24. The van der Waals surface area contributed by atoms with E-state index >= 15 is 0 Å². The monoisotopic (exact) mass is 540 g/mol. The molecule has 2 aliphatic rings. The molecule has 1 saturated carbocycles. The number of benzene rings is 3. The number of hydrogen-bond donors (Lipinski definition) is 2. The van der Waals surface area contributed by atoms with Crippen molar-refractivity contribution in [1.82, 2.24) is 4.98 Å². The summed E-state index contributed by atoms with van der Waals surface area (Å²) in [5.74, 6) is -0.778. The second kappa shape index (κ2) is 8.92. The molecule has 0 unspecified atom stereocenters. The van der Waals surface area contributed by atoms with E-state index in [1.54, 1.807) is 72.8 Å². The van der Waals surface area contributed by atoms with Crippen LogP contribution in [0.4, 0.5) is 0 Å². The zero-order chi connectivity index (χ0) is 27.4. The number of aliphatic hydroxyl groups is 2. The summed E-state index contributed by atoms with van der Waals surface area (Å²) in [7, 11) is -2.85. The lowest BCUT2D eigenvalue weighted by molar-refractivity contribution is -0.149. The van der Waals surface area contributed by atoms with E-state index in [-0.39, 0.29) is 22.0 Å². The van der Waals surface area contributed by atoms with Gasteiger partial charge in [-0.15, -0.1) is 0 Å². The zero-order valence-corrected chi connectivity index (χ0v) is 21.6. The zero-order valence-electron chi connectivity index (χ0n) is 20.8. The van der Waals surface area contributed by atoms with Crippen molar-refractivity contribution in [2.45, 2.75) is 33.4 Å². The molecule has 0 bridgehead atoms. The maximum absolute atomic E-state index is 14.3. The van der Waals surface area contributed by atoms with Crippen LogP contribution in [0.1, 0.15) is 28.2 Å². The Balaban J connectivity index is 1.73. The summed E-state index contributed by atoms with van der Waals surface area (Å²) in [6.45, 7) is 0. The van der Waals surface area contributed by atoms with Crippen LogP contribution in [-0.2, 0) is 21.0 Å². The highest BCUT2D eigenvalue weighted by Crippen LogP contribution is 2.69. The van der Waals surface area contributed by atoms with Crippen molar-refractivity contribution in [2.75, 3.05) is 7.11 Å². The van der Waals surface area contributed by atoms with Crippen molar-refractivity contribution in [2.24, 2.45) is 0 Å². The Kier molecular flexibility index (Phi) is 5.73. The average Bonchev–Trinajstić information content (AvgIpc) is 3.37. The van der Waals surface area contributed by atoms with Gasteiger partial charge < -0.3 is 19.7 Å². The van der Waals surface area contributed by atoms with Gasteiger partial charge in [-0.05, 0) is 35.4 Å². The second-order valence-corrected chi connectivity index (χ2v) is 11.8. The number of nitrogens with zero attached hydrogens (tertiary/aromatic N) is 2. The molecule has 2 N–H and O–H groups in total. The minimum absolute atomic E-state index is 0.00968. The Morgan fingerprint density at radius 2 is 1.62 bits per heavy atom. The first-order chi connectivity index (χ1) is 18.8. The Hall–Kier alpha value is -4.23. The third kappa shape index (κ3) is 3.29. The van der Waals surface area contributed by atoms with Gasteiger partial charge >= 0.3 is 0 Å². The van der Waals surface area contributed by atoms with Crippen molar-refractivity contribution in [1.29, 1.82) is 5.26 Å². The summed E-state index contributed by atoms with van der Waals surface area (Å²) in [5, 5.41) is 32.8. The fourth-order valence-corrected chi connectivity index (χ4v) is 8.33. The molecule has 1 fully saturated rings. The summed E-state index contributed by atoms with van der Waals surface area (Å²) < 4.78 is 40.8. The highest BCUT2D eigenvalue weighted by atomic mass is 32.2. The van der Waals surface area contributed by atoms with Gasteiger partial charge in [-0.2, -0.15) is 5.26 Å². The molecule has 1 aliphatic heterocycles. The molecule has 3 aromatic carbocycles. The molecule has 0 spiro atoms. The van der Waals surface area contributed by atoms with Gasteiger partial charge in [0, 0.05) is 0 Å². The number of pyridine rings is 1. The van der Waals surface area contributed by atoms with Crippen molar-refractivity contribution in [3.8, 4) is 17.6 Å². The van der Waals surface area contributed by atoms with E-state index in [4.69, 9.17) is 9.47 Å². The molecule has 6 rings (SSSR count). The number of aliphatic hydroxyl groups excluding tert-OH is 1. The summed E-state index contributed by atoms with van der Waals surface area (Å²) in [5.41, 5.74) is -2.69. The standard InChI is InChI=1S/C30H24N2O6S/c1-37-23-17-32-18-24-26(23)29(34)28(33)27(39(35,36)22-10-6-3-7-11-22)25(20-8-4-2-5-9-20)30(29,38-24)21-14-12-19(16-31)13-15-21/h2-15,17-18,25,27-28,33-34H,1H3/t25-,27-,28-,29+,30+/m1/s1. The van der Waals surface area contributed by atoms with Crippen LogP contribution in [0, 0.1) is 11.3 Å². The minimum Gasteiger partial charge on any atom is -0.495 e. The SMILES string of the molecule is COc1cncc2c1[C@]1(O)[C@H](O)[C@H](S(=O)(=O)c3ccccc3)[C@@H](c3ccccc3)[C@]1(c1ccc(C#N)cc1)O2. The quantitative estimate of drug-likeness (QED) is 0.394. The molecular formula is C30H24N2O6S. The lowest BCUT2D eigenvalue weighted by atomic mass is 9.71. The van der Waals surface area contributed by atoms with E-state index in [1.165, 1.54) is 31.6 Å². The Labute approximate surface area is 225 Å². The minimum atomic E-state index is -4.25. The maximum atomic E-state index is 14.3. The van der Waals surface area contributed by atoms with Crippen LogP contribution in [0.5, 0.6) is 11.5 Å². The fraction of sp³-hybridized carbons (Fsp3) is 0.200. The van der Waals surface area contributed by atoms with Crippen LogP contribution in [0.2, 0.25) is 0 Å². The molecule has 39 heavy (non-hydrogen) atoms. The summed E-state index contributed by atoms with van der Waals surface area (Å²) >= 11 is 0. The smallest absolute Gasteiger partial charge is 0.184 e. The molecule has 8 nitrogen and oxygen atoms in total. The van der Waals surface area contributed by atoms with Crippen LogP contribution in [0.3, 0.4) is 0 Å². The van der Waals surface area contributed by atoms with E-state index in [0.717, 1.165) is 0 Å². The third-order valence-corrected chi connectivity index (χ3v) is 10.0. The molecule has 1 aliphatic carbocycles. The Bertz CT molecular complexity index is 1690. The highest BCUT2D eigenvalue weighted by molar-refractivity contribution is 7.92. The van der Waals surface area contributed by atoms with Crippen molar-refractivity contribution >= 4 is 9.84 Å². The number of fused-ring (bicyclic) bond motifs is 3. The Morgan fingerprint density at radius 1 is 0.974 bits per heavy atom. The number of rotatable bonds is 5. The molecule has 0 amide bonds. The average molecular weight is 541 g/mol. The molecule has 196 valence electrons. The number of aromatic nitrogens is 1. The van der Waals surface area contributed by atoms with Gasteiger partial charge in [0.1, 0.15) is 22.9 Å². The lowest BCUT2D eigenvalue weighted by Crippen LogP contribution is -2.52. The number of ether oxygens (including phenoxy) is 2. The van der Waals surface area contributed by atoms with E-state index in [2.05, 4.69) is 11.1 Å². The van der Waals surface area contributed by atoms with Gasteiger partial charge in [0.2, 0.25) is 0 Å². The van der Waals surface area contributed by atoms with Crippen LogP contribution in [0.15, 0.2) is 102 Å². The Morgan fingerprint density at radius 3 is 2.23 bits per heavy atom. The van der Waals surface area contributed by atoms with Gasteiger partial charge in [-0.1, -0.05) is 60.7 Å².